The lowest BCUT2D eigenvalue weighted by molar-refractivity contribution is -0.119. The van der Waals surface area contributed by atoms with Crippen molar-refractivity contribution in [3.63, 3.8) is 0 Å². The first-order chi connectivity index (χ1) is 14.4. The van der Waals surface area contributed by atoms with E-state index < -0.39 is 0 Å². The van der Waals surface area contributed by atoms with Crippen molar-refractivity contribution in [2.24, 2.45) is 0 Å². The normalized spacial score (nSPS) is 10.2. The van der Waals surface area contributed by atoms with Gasteiger partial charge in [-0.25, -0.2) is 4.39 Å². The second-order valence-corrected chi connectivity index (χ2v) is 7.06. The Morgan fingerprint density at radius 3 is 2.37 bits per heavy atom. The first-order valence-corrected chi connectivity index (χ1v) is 9.64. The molecule has 0 aliphatic heterocycles. The molecule has 152 valence electrons. The van der Waals surface area contributed by atoms with Gasteiger partial charge in [0.15, 0.2) is 5.11 Å². The van der Waals surface area contributed by atoms with E-state index in [0.717, 1.165) is 11.1 Å². The highest BCUT2D eigenvalue weighted by molar-refractivity contribution is 7.80. The van der Waals surface area contributed by atoms with E-state index in [0.29, 0.717) is 16.9 Å². The zero-order valence-corrected chi connectivity index (χ0v) is 17.1. The highest BCUT2D eigenvalue weighted by Crippen LogP contribution is 2.14. The van der Waals surface area contributed by atoms with Crippen molar-refractivity contribution in [3.05, 3.63) is 95.3 Å². The Morgan fingerprint density at radius 1 is 0.900 bits per heavy atom. The van der Waals surface area contributed by atoms with E-state index in [-0.39, 0.29) is 29.2 Å². The molecule has 0 heterocycles. The molecule has 2 amide bonds. The van der Waals surface area contributed by atoms with Gasteiger partial charge < -0.3 is 16.0 Å². The van der Waals surface area contributed by atoms with E-state index in [1.165, 1.54) is 24.3 Å². The fourth-order valence-electron chi connectivity index (χ4n) is 2.79. The average molecular weight is 421 g/mol. The molecule has 3 aromatic rings. The van der Waals surface area contributed by atoms with Crippen molar-refractivity contribution in [1.29, 1.82) is 0 Å². The van der Waals surface area contributed by atoms with E-state index >= 15 is 0 Å². The first kappa shape index (κ1) is 21.1. The molecule has 3 N–H and O–H groups in total. The van der Waals surface area contributed by atoms with E-state index in [4.69, 9.17) is 12.2 Å². The smallest absolute Gasteiger partial charge is 0.255 e. The van der Waals surface area contributed by atoms with Crippen molar-refractivity contribution in [2.75, 3.05) is 10.6 Å². The molecular formula is C23H20FN3O2S. The number of halogens is 1. The Bertz CT molecular complexity index is 1080. The summed E-state index contributed by atoms with van der Waals surface area (Å²) in [6.45, 7) is 1.95. The third-order valence-corrected chi connectivity index (χ3v) is 4.55. The van der Waals surface area contributed by atoms with Gasteiger partial charge in [-0.3, -0.25) is 9.59 Å². The summed E-state index contributed by atoms with van der Waals surface area (Å²) in [4.78, 5) is 24.7. The van der Waals surface area contributed by atoms with Crippen LogP contribution in [0.2, 0.25) is 0 Å². The van der Waals surface area contributed by atoms with Gasteiger partial charge in [-0.05, 0) is 72.7 Å². The standard InChI is InChI=1S/C23H20FN3O2S/c1-15-5-2-3-6-16(15)14-21(28)27-23(30)26-20-8-4-7-17(13-20)22(29)25-19-11-9-18(24)10-12-19/h2-13H,14H2,1H3,(H,25,29)(H2,26,27,28,30). The third-order valence-electron chi connectivity index (χ3n) is 4.35. The SMILES string of the molecule is Cc1ccccc1CC(=O)NC(=S)Nc1cccc(C(=O)Nc2ccc(F)cc2)c1. The van der Waals surface area contributed by atoms with Crippen LogP contribution in [-0.2, 0) is 11.2 Å². The molecule has 0 bridgehead atoms. The molecule has 0 saturated heterocycles. The van der Waals surface area contributed by atoms with Crippen LogP contribution in [0.15, 0.2) is 72.8 Å². The second kappa shape index (κ2) is 9.76. The molecule has 3 rings (SSSR count). The lowest BCUT2D eigenvalue weighted by atomic mass is 10.1. The topological polar surface area (TPSA) is 70.2 Å². The van der Waals surface area contributed by atoms with Crippen molar-refractivity contribution < 1.29 is 14.0 Å². The van der Waals surface area contributed by atoms with Gasteiger partial charge in [0.2, 0.25) is 5.91 Å². The van der Waals surface area contributed by atoms with Crippen LogP contribution in [-0.4, -0.2) is 16.9 Å². The lowest BCUT2D eigenvalue weighted by Gasteiger charge is -2.12. The van der Waals surface area contributed by atoms with Crippen molar-refractivity contribution in [1.82, 2.24) is 5.32 Å². The molecular weight excluding hydrogens is 401 g/mol. The van der Waals surface area contributed by atoms with E-state index in [1.54, 1.807) is 24.3 Å². The van der Waals surface area contributed by atoms with Crippen molar-refractivity contribution in [3.8, 4) is 0 Å². The predicted molar refractivity (Wildman–Crippen MR) is 120 cm³/mol. The molecule has 0 aliphatic carbocycles. The van der Waals surface area contributed by atoms with Crippen LogP contribution < -0.4 is 16.0 Å². The summed E-state index contributed by atoms with van der Waals surface area (Å²) in [7, 11) is 0. The number of thiocarbonyl (C=S) groups is 1. The average Bonchev–Trinajstić information content (AvgIpc) is 2.71. The molecule has 0 fully saturated rings. The predicted octanol–water partition coefficient (Wildman–Crippen LogP) is 4.44. The Balaban J connectivity index is 1.58. The van der Waals surface area contributed by atoms with E-state index in [9.17, 15) is 14.0 Å². The van der Waals surface area contributed by atoms with Gasteiger partial charge >= 0.3 is 0 Å². The molecule has 3 aromatic carbocycles. The van der Waals surface area contributed by atoms with Crippen LogP contribution in [0, 0.1) is 12.7 Å². The second-order valence-electron chi connectivity index (χ2n) is 6.65. The van der Waals surface area contributed by atoms with E-state index in [2.05, 4.69) is 16.0 Å². The lowest BCUT2D eigenvalue weighted by Crippen LogP contribution is -2.35. The summed E-state index contributed by atoms with van der Waals surface area (Å²) in [6, 6.07) is 19.8. The van der Waals surface area contributed by atoms with Gasteiger partial charge in [0.25, 0.3) is 5.91 Å². The van der Waals surface area contributed by atoms with Gasteiger partial charge in [0, 0.05) is 16.9 Å². The van der Waals surface area contributed by atoms with Gasteiger partial charge in [-0.15, -0.1) is 0 Å². The maximum atomic E-state index is 13.0. The largest absolute Gasteiger partial charge is 0.332 e. The van der Waals surface area contributed by atoms with Crippen LogP contribution in [0.3, 0.4) is 0 Å². The number of rotatable bonds is 5. The first-order valence-electron chi connectivity index (χ1n) is 9.23. The molecule has 0 aliphatic rings. The maximum absolute atomic E-state index is 13.0. The summed E-state index contributed by atoms with van der Waals surface area (Å²) in [6.07, 6.45) is 0.217. The molecule has 30 heavy (non-hydrogen) atoms. The number of benzene rings is 3. The van der Waals surface area contributed by atoms with Crippen LogP contribution in [0.4, 0.5) is 15.8 Å². The summed E-state index contributed by atoms with van der Waals surface area (Å²) < 4.78 is 13.0. The Labute approximate surface area is 179 Å². The highest BCUT2D eigenvalue weighted by Gasteiger charge is 2.10. The molecule has 7 heteroatoms. The fourth-order valence-corrected chi connectivity index (χ4v) is 3.02. The molecule has 0 spiro atoms. The van der Waals surface area contributed by atoms with Gasteiger partial charge in [-0.2, -0.15) is 0 Å². The number of carbonyl (C=O) groups excluding carboxylic acids is 2. The molecule has 0 unspecified atom stereocenters. The molecule has 0 saturated carbocycles. The number of nitrogens with one attached hydrogen (secondary N) is 3. The highest BCUT2D eigenvalue weighted by atomic mass is 32.1. The van der Waals surface area contributed by atoms with Gasteiger partial charge in [-0.1, -0.05) is 30.3 Å². The minimum absolute atomic E-state index is 0.143. The number of hydrogen-bond donors (Lipinski definition) is 3. The number of anilines is 2. The number of hydrogen-bond acceptors (Lipinski definition) is 3. The quantitative estimate of drug-likeness (QED) is 0.533. The zero-order chi connectivity index (χ0) is 21.5. The van der Waals surface area contributed by atoms with Crippen LogP contribution in [0.1, 0.15) is 21.5 Å². The number of carbonyl (C=O) groups is 2. The van der Waals surface area contributed by atoms with Gasteiger partial charge in [0.05, 0.1) is 6.42 Å². The van der Waals surface area contributed by atoms with E-state index in [1.807, 2.05) is 31.2 Å². The van der Waals surface area contributed by atoms with Crippen LogP contribution in [0.5, 0.6) is 0 Å². The Hall–Kier alpha value is -3.58. The molecule has 0 aromatic heterocycles. The maximum Gasteiger partial charge on any atom is 0.255 e. The molecule has 5 nitrogen and oxygen atoms in total. The monoisotopic (exact) mass is 421 g/mol. The molecule has 0 atom stereocenters. The van der Waals surface area contributed by atoms with Crippen LogP contribution >= 0.6 is 12.2 Å². The minimum atomic E-state index is -0.378. The minimum Gasteiger partial charge on any atom is -0.332 e. The zero-order valence-electron chi connectivity index (χ0n) is 16.2. The number of aryl methyl sites for hydroxylation is 1. The number of amides is 2. The van der Waals surface area contributed by atoms with Crippen molar-refractivity contribution in [2.45, 2.75) is 13.3 Å². The molecule has 0 radical (unpaired) electrons. The summed E-state index contributed by atoms with van der Waals surface area (Å²) in [5, 5.41) is 8.39. The Kier molecular flexibility index (Phi) is 6.87. The summed E-state index contributed by atoms with van der Waals surface area (Å²) in [5.41, 5.74) is 3.39. The van der Waals surface area contributed by atoms with Crippen LogP contribution in [0.25, 0.3) is 0 Å². The third kappa shape index (κ3) is 5.96. The van der Waals surface area contributed by atoms with Crippen molar-refractivity contribution >= 4 is 40.5 Å². The van der Waals surface area contributed by atoms with Gasteiger partial charge in [0.1, 0.15) is 5.82 Å². The summed E-state index contributed by atoms with van der Waals surface area (Å²) in [5.74, 6) is -0.955. The Morgan fingerprint density at radius 2 is 1.63 bits per heavy atom. The summed E-state index contributed by atoms with van der Waals surface area (Å²) >= 11 is 5.21. The fraction of sp³-hybridized carbons (Fsp3) is 0.0870.